The summed E-state index contributed by atoms with van der Waals surface area (Å²) in [5, 5.41) is 19.4. The normalized spacial score (nSPS) is 44.7. The average Bonchev–Trinajstić information content (AvgIpc) is 2.32. The summed E-state index contributed by atoms with van der Waals surface area (Å²) in [7, 11) is 0. The number of terminal acetylenes is 1. The number of rotatable bonds is 2. The lowest BCUT2D eigenvalue weighted by Gasteiger charge is -2.27. The maximum atomic E-state index is 9.82. The van der Waals surface area contributed by atoms with Crippen molar-refractivity contribution in [2.75, 3.05) is 0 Å². The molecule has 74 valence electrons. The lowest BCUT2D eigenvalue weighted by atomic mass is 9.80. The maximum absolute atomic E-state index is 9.82. The van der Waals surface area contributed by atoms with Crippen LogP contribution in [0.5, 0.6) is 0 Å². The van der Waals surface area contributed by atoms with Gasteiger partial charge >= 0.3 is 0 Å². The Bertz CT molecular complexity index is 219. The van der Waals surface area contributed by atoms with Crippen molar-refractivity contribution in [2.45, 2.75) is 45.3 Å². The Morgan fingerprint density at radius 1 is 1.54 bits per heavy atom. The molecule has 2 nitrogen and oxygen atoms in total. The molecule has 1 saturated carbocycles. The Morgan fingerprint density at radius 3 is 2.46 bits per heavy atom. The Balaban J connectivity index is 2.84. The fourth-order valence-electron chi connectivity index (χ4n) is 2.37. The standard InChI is InChI=1S/C11H18O2/c1-4-6-11(5-2)7-8(3)9(12)10(11)13/h2,8-10,12-13H,4,6-7H2,1,3H3/t8-,9+,10+,11+/m1/s1. The molecule has 1 aliphatic rings. The molecule has 0 aliphatic heterocycles. The van der Waals surface area contributed by atoms with Gasteiger partial charge in [0.05, 0.1) is 17.6 Å². The van der Waals surface area contributed by atoms with Crippen LogP contribution in [0.4, 0.5) is 0 Å². The largest absolute Gasteiger partial charge is 0.390 e. The highest BCUT2D eigenvalue weighted by Crippen LogP contribution is 2.44. The summed E-state index contributed by atoms with van der Waals surface area (Å²) < 4.78 is 0. The van der Waals surface area contributed by atoms with E-state index in [1.54, 1.807) is 0 Å². The summed E-state index contributed by atoms with van der Waals surface area (Å²) in [6, 6.07) is 0. The Morgan fingerprint density at radius 2 is 2.15 bits per heavy atom. The first-order chi connectivity index (χ1) is 6.07. The molecule has 1 rings (SSSR count). The number of aliphatic hydroxyl groups is 2. The van der Waals surface area contributed by atoms with E-state index >= 15 is 0 Å². The summed E-state index contributed by atoms with van der Waals surface area (Å²) in [6.07, 6.45) is 6.53. The zero-order valence-corrected chi connectivity index (χ0v) is 8.33. The quantitative estimate of drug-likeness (QED) is 0.629. The third-order valence-corrected chi connectivity index (χ3v) is 3.14. The summed E-state index contributed by atoms with van der Waals surface area (Å²) in [5.74, 6) is 2.79. The smallest absolute Gasteiger partial charge is 0.0966 e. The third kappa shape index (κ3) is 1.59. The van der Waals surface area contributed by atoms with Crippen molar-refractivity contribution in [1.82, 2.24) is 0 Å². The second kappa shape index (κ2) is 3.69. The molecule has 4 atom stereocenters. The molecule has 0 saturated heterocycles. The van der Waals surface area contributed by atoms with Crippen molar-refractivity contribution < 1.29 is 10.2 Å². The number of hydrogen-bond donors (Lipinski definition) is 2. The molecule has 0 amide bonds. The topological polar surface area (TPSA) is 40.5 Å². The Labute approximate surface area is 80.0 Å². The van der Waals surface area contributed by atoms with Gasteiger partial charge in [0.2, 0.25) is 0 Å². The highest BCUT2D eigenvalue weighted by atomic mass is 16.3. The molecule has 1 aliphatic carbocycles. The number of aliphatic hydroxyl groups excluding tert-OH is 2. The molecular weight excluding hydrogens is 164 g/mol. The van der Waals surface area contributed by atoms with E-state index in [9.17, 15) is 10.2 Å². The van der Waals surface area contributed by atoms with Crippen LogP contribution < -0.4 is 0 Å². The molecule has 0 bridgehead atoms. The molecule has 0 aromatic heterocycles. The minimum absolute atomic E-state index is 0.109. The van der Waals surface area contributed by atoms with E-state index in [-0.39, 0.29) is 5.92 Å². The molecule has 2 heteroatoms. The van der Waals surface area contributed by atoms with Crippen LogP contribution in [-0.2, 0) is 0 Å². The van der Waals surface area contributed by atoms with Crippen LogP contribution in [0.3, 0.4) is 0 Å². The van der Waals surface area contributed by atoms with Crippen LogP contribution >= 0.6 is 0 Å². The molecule has 2 N–H and O–H groups in total. The minimum Gasteiger partial charge on any atom is -0.390 e. The predicted octanol–water partition coefficient (Wildman–Crippen LogP) is 1.17. The second-order valence-corrected chi connectivity index (χ2v) is 4.17. The highest BCUT2D eigenvalue weighted by Gasteiger charge is 2.49. The lowest BCUT2D eigenvalue weighted by molar-refractivity contribution is -0.0118. The van der Waals surface area contributed by atoms with E-state index in [4.69, 9.17) is 6.42 Å². The average molecular weight is 182 g/mol. The van der Waals surface area contributed by atoms with Crippen molar-refractivity contribution in [3.05, 3.63) is 0 Å². The van der Waals surface area contributed by atoms with E-state index in [1.165, 1.54) is 0 Å². The summed E-state index contributed by atoms with van der Waals surface area (Å²) in [5.41, 5.74) is -0.479. The molecular formula is C11H18O2. The SMILES string of the molecule is C#C[C@]1(CCC)C[C@@H](C)[C@H](O)[C@@H]1O. The van der Waals surface area contributed by atoms with Crippen molar-refractivity contribution in [3.8, 4) is 12.3 Å². The van der Waals surface area contributed by atoms with Crippen molar-refractivity contribution in [3.63, 3.8) is 0 Å². The van der Waals surface area contributed by atoms with Gasteiger partial charge in [-0.25, -0.2) is 0 Å². The summed E-state index contributed by atoms with van der Waals surface area (Å²) in [4.78, 5) is 0. The first-order valence-corrected chi connectivity index (χ1v) is 4.91. The van der Waals surface area contributed by atoms with Gasteiger partial charge in [0.15, 0.2) is 0 Å². The molecule has 0 aromatic carbocycles. The van der Waals surface area contributed by atoms with Crippen molar-refractivity contribution in [2.24, 2.45) is 11.3 Å². The predicted molar refractivity (Wildman–Crippen MR) is 52.0 cm³/mol. The van der Waals surface area contributed by atoms with Crippen LogP contribution in [0.2, 0.25) is 0 Å². The second-order valence-electron chi connectivity index (χ2n) is 4.17. The molecule has 1 fully saturated rings. The van der Waals surface area contributed by atoms with E-state index < -0.39 is 17.6 Å². The number of hydrogen-bond acceptors (Lipinski definition) is 2. The highest BCUT2D eigenvalue weighted by molar-refractivity contribution is 5.15. The van der Waals surface area contributed by atoms with Gasteiger partial charge in [0, 0.05) is 0 Å². The first kappa shape index (κ1) is 10.6. The van der Waals surface area contributed by atoms with Gasteiger partial charge in [-0.3, -0.25) is 0 Å². The fourth-order valence-corrected chi connectivity index (χ4v) is 2.37. The fraction of sp³-hybridized carbons (Fsp3) is 0.818. The van der Waals surface area contributed by atoms with E-state index in [1.807, 2.05) is 13.8 Å². The maximum Gasteiger partial charge on any atom is 0.0966 e. The molecule has 0 unspecified atom stereocenters. The van der Waals surface area contributed by atoms with Gasteiger partial charge in [0.1, 0.15) is 0 Å². The zero-order valence-electron chi connectivity index (χ0n) is 8.33. The summed E-state index contributed by atoms with van der Waals surface area (Å²) >= 11 is 0. The van der Waals surface area contributed by atoms with Crippen LogP contribution in [0, 0.1) is 23.7 Å². The van der Waals surface area contributed by atoms with E-state index in [0.717, 1.165) is 19.3 Å². The van der Waals surface area contributed by atoms with Gasteiger partial charge in [-0.2, -0.15) is 0 Å². The first-order valence-electron chi connectivity index (χ1n) is 4.91. The van der Waals surface area contributed by atoms with Gasteiger partial charge in [-0.1, -0.05) is 26.2 Å². The third-order valence-electron chi connectivity index (χ3n) is 3.14. The van der Waals surface area contributed by atoms with Crippen LogP contribution in [0.25, 0.3) is 0 Å². The van der Waals surface area contributed by atoms with Gasteiger partial charge in [-0.05, 0) is 18.8 Å². The Kier molecular flexibility index (Phi) is 3.00. The van der Waals surface area contributed by atoms with Gasteiger partial charge in [0.25, 0.3) is 0 Å². The van der Waals surface area contributed by atoms with Crippen LogP contribution in [0.15, 0.2) is 0 Å². The van der Waals surface area contributed by atoms with Crippen LogP contribution in [0.1, 0.15) is 33.1 Å². The minimum atomic E-state index is -0.743. The molecule has 0 heterocycles. The Hall–Kier alpha value is -0.520. The van der Waals surface area contributed by atoms with Crippen LogP contribution in [-0.4, -0.2) is 22.4 Å². The monoisotopic (exact) mass is 182 g/mol. The summed E-state index contributed by atoms with van der Waals surface area (Å²) in [6.45, 7) is 3.98. The lowest BCUT2D eigenvalue weighted by Crippen LogP contribution is -2.35. The van der Waals surface area contributed by atoms with Gasteiger partial charge in [-0.15, -0.1) is 6.42 Å². The van der Waals surface area contributed by atoms with E-state index in [2.05, 4.69) is 5.92 Å². The molecule has 0 aromatic rings. The molecule has 13 heavy (non-hydrogen) atoms. The van der Waals surface area contributed by atoms with E-state index in [0.29, 0.717) is 0 Å². The van der Waals surface area contributed by atoms with Gasteiger partial charge < -0.3 is 10.2 Å². The van der Waals surface area contributed by atoms with Crippen molar-refractivity contribution in [1.29, 1.82) is 0 Å². The molecule has 0 spiro atoms. The zero-order chi connectivity index (χ0) is 10.1. The molecule has 0 radical (unpaired) electrons. The van der Waals surface area contributed by atoms with Crippen molar-refractivity contribution >= 4 is 0 Å².